The van der Waals surface area contributed by atoms with Crippen LogP contribution in [-0.2, 0) is 11.2 Å². The summed E-state index contributed by atoms with van der Waals surface area (Å²) >= 11 is 1.50. The largest absolute Gasteiger partial charge is 0.497 e. The van der Waals surface area contributed by atoms with Gasteiger partial charge >= 0.3 is 0 Å². The molecule has 0 aliphatic carbocycles. The summed E-state index contributed by atoms with van der Waals surface area (Å²) in [5, 5.41) is 1.95. The van der Waals surface area contributed by atoms with Gasteiger partial charge in [-0.1, -0.05) is 18.2 Å². The zero-order valence-corrected chi connectivity index (χ0v) is 14.9. The number of rotatable bonds is 5. The highest BCUT2D eigenvalue weighted by molar-refractivity contribution is 7.12. The van der Waals surface area contributed by atoms with Crippen molar-refractivity contribution in [2.24, 2.45) is 5.92 Å². The van der Waals surface area contributed by atoms with Crippen molar-refractivity contribution in [2.45, 2.75) is 18.9 Å². The molecule has 1 amide bonds. The molecule has 0 N–H and O–H groups in total. The van der Waals surface area contributed by atoms with E-state index in [-0.39, 0.29) is 12.0 Å². The summed E-state index contributed by atoms with van der Waals surface area (Å²) in [7, 11) is 3.44. The summed E-state index contributed by atoms with van der Waals surface area (Å²) in [5.74, 6) is 1.31. The number of ether oxygens (including phenoxy) is 2. The van der Waals surface area contributed by atoms with Gasteiger partial charge in [0.1, 0.15) is 5.75 Å². The van der Waals surface area contributed by atoms with Gasteiger partial charge in [0.05, 0.1) is 18.1 Å². The van der Waals surface area contributed by atoms with Crippen LogP contribution in [0.4, 0.5) is 0 Å². The Balaban J connectivity index is 1.69. The standard InChI is InChI=1S/C19H23NO3S/c1-22-16-7-5-14(6-8-16)12-15-13-20(10-9-17(15)23-2)19(21)18-4-3-11-24-18/h3-8,11,15,17H,9-10,12-13H2,1-2H3/t15-,17-/m1/s1. The fourth-order valence-corrected chi connectivity index (χ4v) is 4.01. The Morgan fingerprint density at radius 2 is 2.04 bits per heavy atom. The fraction of sp³-hybridized carbons (Fsp3) is 0.421. The molecule has 0 radical (unpaired) electrons. The normalized spacial score (nSPS) is 20.8. The molecule has 1 saturated heterocycles. The third-order valence-electron chi connectivity index (χ3n) is 4.64. The van der Waals surface area contributed by atoms with Gasteiger partial charge in [0.25, 0.3) is 5.91 Å². The number of hydrogen-bond acceptors (Lipinski definition) is 4. The number of thiophene rings is 1. The molecule has 0 saturated carbocycles. The highest BCUT2D eigenvalue weighted by atomic mass is 32.1. The van der Waals surface area contributed by atoms with E-state index >= 15 is 0 Å². The second-order valence-electron chi connectivity index (χ2n) is 6.10. The Morgan fingerprint density at radius 3 is 2.67 bits per heavy atom. The van der Waals surface area contributed by atoms with Gasteiger partial charge in [-0.05, 0) is 42.0 Å². The van der Waals surface area contributed by atoms with Crippen molar-refractivity contribution in [2.75, 3.05) is 27.3 Å². The monoisotopic (exact) mass is 345 g/mol. The maximum atomic E-state index is 12.6. The predicted molar refractivity (Wildman–Crippen MR) is 95.8 cm³/mol. The van der Waals surface area contributed by atoms with E-state index in [9.17, 15) is 4.79 Å². The van der Waals surface area contributed by atoms with Gasteiger partial charge in [-0.25, -0.2) is 0 Å². The lowest BCUT2D eigenvalue weighted by Gasteiger charge is -2.38. The molecule has 0 bridgehead atoms. The third-order valence-corrected chi connectivity index (χ3v) is 5.50. The molecule has 1 aliphatic heterocycles. The Labute approximate surface area is 147 Å². The van der Waals surface area contributed by atoms with Crippen LogP contribution in [0, 0.1) is 5.92 Å². The summed E-state index contributed by atoms with van der Waals surface area (Å²) < 4.78 is 10.9. The smallest absolute Gasteiger partial charge is 0.263 e. The van der Waals surface area contributed by atoms with E-state index in [0.717, 1.165) is 36.6 Å². The molecule has 1 aromatic carbocycles. The molecule has 2 aromatic rings. The van der Waals surface area contributed by atoms with Crippen LogP contribution in [-0.4, -0.2) is 44.2 Å². The second kappa shape index (κ2) is 7.81. The zero-order valence-electron chi connectivity index (χ0n) is 14.1. The van der Waals surface area contributed by atoms with Crippen molar-refractivity contribution >= 4 is 17.2 Å². The first-order valence-corrected chi connectivity index (χ1v) is 9.07. The first kappa shape index (κ1) is 17.0. The average molecular weight is 345 g/mol. The van der Waals surface area contributed by atoms with Crippen LogP contribution < -0.4 is 4.74 Å². The number of methoxy groups -OCH3 is 2. The fourth-order valence-electron chi connectivity index (χ4n) is 3.32. The summed E-state index contributed by atoms with van der Waals surface area (Å²) in [5.41, 5.74) is 1.24. The Bertz CT molecular complexity index is 654. The van der Waals surface area contributed by atoms with E-state index in [0.29, 0.717) is 5.92 Å². The summed E-state index contributed by atoms with van der Waals surface area (Å²) in [4.78, 5) is 15.4. The van der Waals surface area contributed by atoms with Crippen LogP contribution in [0.2, 0.25) is 0 Å². The number of nitrogens with zero attached hydrogens (tertiary/aromatic N) is 1. The minimum absolute atomic E-state index is 0.138. The average Bonchev–Trinajstić information content (AvgIpc) is 3.16. The van der Waals surface area contributed by atoms with Crippen molar-refractivity contribution in [3.05, 3.63) is 52.2 Å². The Kier molecular flexibility index (Phi) is 5.53. The van der Waals surface area contributed by atoms with E-state index in [2.05, 4.69) is 12.1 Å². The summed E-state index contributed by atoms with van der Waals surface area (Å²) in [6.07, 6.45) is 1.98. The molecule has 128 valence electrons. The second-order valence-corrected chi connectivity index (χ2v) is 7.05. The van der Waals surface area contributed by atoms with Crippen molar-refractivity contribution < 1.29 is 14.3 Å². The van der Waals surface area contributed by atoms with E-state index in [1.807, 2.05) is 34.5 Å². The van der Waals surface area contributed by atoms with Gasteiger partial charge in [0, 0.05) is 26.1 Å². The number of carbonyl (C=O) groups is 1. The molecule has 5 heteroatoms. The topological polar surface area (TPSA) is 38.8 Å². The predicted octanol–water partition coefficient (Wildman–Crippen LogP) is 3.48. The molecule has 0 unspecified atom stereocenters. The van der Waals surface area contributed by atoms with Crippen molar-refractivity contribution in [1.82, 2.24) is 4.90 Å². The number of hydrogen-bond donors (Lipinski definition) is 0. The molecule has 0 spiro atoms. The molecule has 2 atom stereocenters. The number of piperidine rings is 1. The van der Waals surface area contributed by atoms with Crippen LogP contribution in [0.25, 0.3) is 0 Å². The Hall–Kier alpha value is -1.85. The lowest BCUT2D eigenvalue weighted by molar-refractivity contribution is -0.00284. The van der Waals surface area contributed by atoms with Crippen LogP contribution in [0.5, 0.6) is 5.75 Å². The quantitative estimate of drug-likeness (QED) is 0.833. The minimum Gasteiger partial charge on any atom is -0.497 e. The number of likely N-dealkylation sites (tertiary alicyclic amines) is 1. The van der Waals surface area contributed by atoms with Gasteiger partial charge in [0.15, 0.2) is 0 Å². The first-order valence-electron chi connectivity index (χ1n) is 8.19. The lowest BCUT2D eigenvalue weighted by Crippen LogP contribution is -2.47. The van der Waals surface area contributed by atoms with Crippen molar-refractivity contribution in [3.63, 3.8) is 0 Å². The number of benzene rings is 1. The highest BCUT2D eigenvalue weighted by Gasteiger charge is 2.32. The molecule has 2 heterocycles. The van der Waals surface area contributed by atoms with Crippen LogP contribution in [0.3, 0.4) is 0 Å². The molecule has 1 aromatic heterocycles. The SMILES string of the molecule is COc1ccc(C[C@@H]2CN(C(=O)c3cccs3)CC[C@H]2OC)cc1. The van der Waals surface area contributed by atoms with Gasteiger partial charge in [-0.2, -0.15) is 0 Å². The molecule has 1 aliphatic rings. The lowest BCUT2D eigenvalue weighted by atomic mass is 9.88. The molecule has 3 rings (SSSR count). The molecule has 24 heavy (non-hydrogen) atoms. The van der Waals surface area contributed by atoms with Crippen LogP contribution in [0.1, 0.15) is 21.7 Å². The zero-order chi connectivity index (χ0) is 16.9. The van der Waals surface area contributed by atoms with Gasteiger partial charge < -0.3 is 14.4 Å². The molecule has 4 nitrogen and oxygen atoms in total. The highest BCUT2D eigenvalue weighted by Crippen LogP contribution is 2.26. The van der Waals surface area contributed by atoms with Crippen molar-refractivity contribution in [1.29, 1.82) is 0 Å². The molecular weight excluding hydrogens is 322 g/mol. The molecule has 1 fully saturated rings. The maximum Gasteiger partial charge on any atom is 0.263 e. The van der Waals surface area contributed by atoms with E-state index in [1.165, 1.54) is 16.9 Å². The van der Waals surface area contributed by atoms with Gasteiger partial charge in [0.2, 0.25) is 0 Å². The third kappa shape index (κ3) is 3.79. The van der Waals surface area contributed by atoms with E-state index in [4.69, 9.17) is 9.47 Å². The van der Waals surface area contributed by atoms with E-state index in [1.54, 1.807) is 14.2 Å². The summed E-state index contributed by atoms with van der Waals surface area (Å²) in [6, 6.07) is 12.0. The van der Waals surface area contributed by atoms with Gasteiger partial charge in [-0.3, -0.25) is 4.79 Å². The van der Waals surface area contributed by atoms with Gasteiger partial charge in [-0.15, -0.1) is 11.3 Å². The van der Waals surface area contributed by atoms with Crippen LogP contribution >= 0.6 is 11.3 Å². The maximum absolute atomic E-state index is 12.6. The van der Waals surface area contributed by atoms with Crippen LogP contribution in [0.15, 0.2) is 41.8 Å². The first-order chi connectivity index (χ1) is 11.7. The van der Waals surface area contributed by atoms with Crippen molar-refractivity contribution in [3.8, 4) is 5.75 Å². The number of amides is 1. The van der Waals surface area contributed by atoms with E-state index < -0.39 is 0 Å². The molecular formula is C19H23NO3S. The minimum atomic E-state index is 0.138. The Morgan fingerprint density at radius 1 is 1.25 bits per heavy atom. The summed E-state index contributed by atoms with van der Waals surface area (Å²) in [6.45, 7) is 1.50. The number of carbonyl (C=O) groups excluding carboxylic acids is 1.